The zero-order valence-corrected chi connectivity index (χ0v) is 11.8. The summed E-state index contributed by atoms with van der Waals surface area (Å²) in [6, 6.07) is 8.82. The molecule has 0 saturated carbocycles. The summed E-state index contributed by atoms with van der Waals surface area (Å²) >= 11 is 0. The van der Waals surface area contributed by atoms with E-state index in [2.05, 4.69) is 10.8 Å². The first kappa shape index (κ1) is 16.1. The number of hydrogen-bond acceptors (Lipinski definition) is 4. The van der Waals surface area contributed by atoms with E-state index in [1.165, 1.54) is 0 Å². The van der Waals surface area contributed by atoms with Crippen molar-refractivity contribution >= 4 is 11.8 Å². The van der Waals surface area contributed by atoms with E-state index in [1.54, 1.807) is 0 Å². The van der Waals surface area contributed by atoms with Crippen LogP contribution in [0.1, 0.15) is 19.4 Å². The highest BCUT2D eigenvalue weighted by Crippen LogP contribution is 1.99. The fraction of sp³-hybridized carbons (Fsp3) is 0.429. The average Bonchev–Trinajstić information content (AvgIpc) is 2.45. The van der Waals surface area contributed by atoms with Crippen molar-refractivity contribution in [2.24, 2.45) is 11.7 Å². The molecule has 0 saturated heterocycles. The van der Waals surface area contributed by atoms with Gasteiger partial charge in [0.05, 0.1) is 19.2 Å². The van der Waals surface area contributed by atoms with Crippen LogP contribution in [0.25, 0.3) is 0 Å². The van der Waals surface area contributed by atoms with Gasteiger partial charge in [0.1, 0.15) is 0 Å². The van der Waals surface area contributed by atoms with Gasteiger partial charge >= 0.3 is 0 Å². The minimum atomic E-state index is -0.618. The van der Waals surface area contributed by atoms with E-state index in [0.717, 1.165) is 5.56 Å². The zero-order chi connectivity index (χ0) is 15.0. The van der Waals surface area contributed by atoms with Crippen molar-refractivity contribution < 1.29 is 14.4 Å². The lowest BCUT2D eigenvalue weighted by molar-refractivity contribution is -0.136. The maximum Gasteiger partial charge on any atom is 0.262 e. The molecule has 6 heteroatoms. The van der Waals surface area contributed by atoms with Gasteiger partial charge in [-0.2, -0.15) is 0 Å². The van der Waals surface area contributed by atoms with Gasteiger partial charge in [-0.15, -0.1) is 0 Å². The number of hydrogen-bond donors (Lipinski definition) is 3. The molecule has 1 rings (SSSR count). The third kappa shape index (κ3) is 5.81. The molecule has 0 bridgehead atoms. The van der Waals surface area contributed by atoms with Gasteiger partial charge in [0.25, 0.3) is 5.91 Å². The second kappa shape index (κ2) is 8.29. The fourth-order valence-electron chi connectivity index (χ4n) is 1.40. The van der Waals surface area contributed by atoms with Crippen LogP contribution in [0.2, 0.25) is 0 Å². The largest absolute Gasteiger partial charge is 0.346 e. The van der Waals surface area contributed by atoms with E-state index in [0.29, 0.717) is 0 Å². The summed E-state index contributed by atoms with van der Waals surface area (Å²) in [6.45, 7) is 3.79. The minimum Gasteiger partial charge on any atom is -0.346 e. The molecule has 6 nitrogen and oxygen atoms in total. The summed E-state index contributed by atoms with van der Waals surface area (Å²) < 4.78 is 0. The second-order valence-electron chi connectivity index (χ2n) is 4.79. The van der Waals surface area contributed by atoms with Crippen LogP contribution in [0.5, 0.6) is 0 Å². The van der Waals surface area contributed by atoms with Gasteiger partial charge in [0.15, 0.2) is 0 Å². The Labute approximate surface area is 118 Å². The van der Waals surface area contributed by atoms with Gasteiger partial charge in [0.2, 0.25) is 5.91 Å². The number of nitrogens with two attached hydrogens (primary N) is 1. The van der Waals surface area contributed by atoms with E-state index in [1.807, 2.05) is 44.2 Å². The van der Waals surface area contributed by atoms with Gasteiger partial charge in [-0.1, -0.05) is 44.2 Å². The summed E-state index contributed by atoms with van der Waals surface area (Å²) in [4.78, 5) is 28.0. The lowest BCUT2D eigenvalue weighted by atomic mass is 10.1. The maximum absolute atomic E-state index is 11.5. The SMILES string of the molecule is CC(C)[C@H](N)C(=O)NCC(=O)NOCc1ccccc1. The Hall–Kier alpha value is -1.92. The van der Waals surface area contributed by atoms with E-state index in [-0.39, 0.29) is 25.0 Å². The number of benzene rings is 1. The predicted octanol–water partition coefficient (Wildman–Crippen LogP) is 0.334. The minimum absolute atomic E-state index is 0.0207. The number of amides is 2. The summed E-state index contributed by atoms with van der Waals surface area (Å²) in [7, 11) is 0. The van der Waals surface area contributed by atoms with Crippen LogP contribution < -0.4 is 16.5 Å². The molecule has 1 atom stereocenters. The normalized spacial score (nSPS) is 12.0. The quantitative estimate of drug-likeness (QED) is 0.627. The molecule has 1 aromatic rings. The smallest absolute Gasteiger partial charge is 0.262 e. The molecule has 1 aromatic carbocycles. The standard InChI is InChI=1S/C14H21N3O3/c1-10(2)13(15)14(19)16-8-12(18)17-20-9-11-6-4-3-5-7-11/h3-7,10,13H,8-9,15H2,1-2H3,(H,16,19)(H,17,18)/t13-/m0/s1. The second-order valence-corrected chi connectivity index (χ2v) is 4.79. The first-order valence-corrected chi connectivity index (χ1v) is 6.48. The van der Waals surface area contributed by atoms with Gasteiger partial charge in [-0.25, -0.2) is 5.48 Å². The lowest BCUT2D eigenvalue weighted by Crippen LogP contribution is -2.47. The number of rotatable bonds is 7. The number of carbonyl (C=O) groups excluding carboxylic acids is 2. The third-order valence-electron chi connectivity index (χ3n) is 2.71. The predicted molar refractivity (Wildman–Crippen MR) is 75.2 cm³/mol. The topological polar surface area (TPSA) is 93.5 Å². The van der Waals surface area contributed by atoms with Crippen molar-refractivity contribution in [2.75, 3.05) is 6.54 Å². The van der Waals surface area contributed by atoms with Gasteiger partial charge in [0, 0.05) is 0 Å². The van der Waals surface area contributed by atoms with Crippen LogP contribution in [0.15, 0.2) is 30.3 Å². The van der Waals surface area contributed by atoms with Crippen molar-refractivity contribution in [1.82, 2.24) is 10.8 Å². The summed E-state index contributed by atoms with van der Waals surface area (Å²) in [5.74, 6) is -0.754. The Balaban J connectivity index is 2.19. The Bertz CT molecular complexity index is 435. The highest BCUT2D eigenvalue weighted by atomic mass is 16.6. The number of hydroxylamine groups is 1. The molecule has 0 heterocycles. The Morgan fingerprint density at radius 2 is 1.90 bits per heavy atom. The molecule has 2 amide bonds. The Morgan fingerprint density at radius 3 is 2.50 bits per heavy atom. The summed E-state index contributed by atoms with van der Waals surface area (Å²) in [6.07, 6.45) is 0. The lowest BCUT2D eigenvalue weighted by Gasteiger charge is -2.15. The van der Waals surface area contributed by atoms with Crippen LogP contribution >= 0.6 is 0 Å². The van der Waals surface area contributed by atoms with E-state index >= 15 is 0 Å². The van der Waals surface area contributed by atoms with Crippen molar-refractivity contribution in [1.29, 1.82) is 0 Å². The molecule has 110 valence electrons. The summed E-state index contributed by atoms with van der Waals surface area (Å²) in [5.41, 5.74) is 8.85. The van der Waals surface area contributed by atoms with Gasteiger partial charge < -0.3 is 11.1 Å². The first-order valence-electron chi connectivity index (χ1n) is 6.48. The molecule has 0 aliphatic rings. The average molecular weight is 279 g/mol. The maximum atomic E-state index is 11.5. The highest BCUT2D eigenvalue weighted by molar-refractivity contribution is 5.87. The first-order chi connectivity index (χ1) is 9.50. The molecule has 0 aliphatic carbocycles. The van der Waals surface area contributed by atoms with Crippen LogP contribution in [0.3, 0.4) is 0 Å². The van der Waals surface area contributed by atoms with E-state index in [9.17, 15) is 9.59 Å². The van der Waals surface area contributed by atoms with Gasteiger partial charge in [-0.3, -0.25) is 14.4 Å². The third-order valence-corrected chi connectivity index (χ3v) is 2.71. The molecule has 0 aromatic heterocycles. The Kier molecular flexibility index (Phi) is 6.69. The van der Waals surface area contributed by atoms with Crippen molar-refractivity contribution in [3.8, 4) is 0 Å². The molecule has 20 heavy (non-hydrogen) atoms. The van der Waals surface area contributed by atoms with Crippen LogP contribution in [-0.2, 0) is 21.0 Å². The monoisotopic (exact) mass is 279 g/mol. The number of nitrogens with one attached hydrogen (secondary N) is 2. The molecule has 0 radical (unpaired) electrons. The van der Waals surface area contributed by atoms with Crippen LogP contribution in [0, 0.1) is 5.92 Å². The molecule has 4 N–H and O–H groups in total. The molecular formula is C14H21N3O3. The fourth-order valence-corrected chi connectivity index (χ4v) is 1.40. The molecule has 0 aliphatic heterocycles. The number of carbonyl (C=O) groups is 2. The van der Waals surface area contributed by atoms with Crippen LogP contribution in [0.4, 0.5) is 0 Å². The van der Waals surface area contributed by atoms with Gasteiger partial charge in [-0.05, 0) is 11.5 Å². The van der Waals surface area contributed by atoms with Crippen molar-refractivity contribution in [3.63, 3.8) is 0 Å². The van der Waals surface area contributed by atoms with E-state index in [4.69, 9.17) is 10.6 Å². The molecule has 0 fully saturated rings. The molecular weight excluding hydrogens is 258 g/mol. The molecule has 0 spiro atoms. The van der Waals surface area contributed by atoms with E-state index < -0.39 is 11.9 Å². The van der Waals surface area contributed by atoms with Crippen LogP contribution in [-0.4, -0.2) is 24.4 Å². The molecule has 0 unspecified atom stereocenters. The van der Waals surface area contributed by atoms with Crippen molar-refractivity contribution in [2.45, 2.75) is 26.5 Å². The van der Waals surface area contributed by atoms with Crippen molar-refractivity contribution in [3.05, 3.63) is 35.9 Å². The zero-order valence-electron chi connectivity index (χ0n) is 11.8. The summed E-state index contributed by atoms with van der Waals surface area (Å²) in [5, 5.41) is 2.46. The highest BCUT2D eigenvalue weighted by Gasteiger charge is 2.17. The Morgan fingerprint density at radius 1 is 1.25 bits per heavy atom.